The van der Waals surface area contributed by atoms with E-state index in [1.807, 2.05) is 19.1 Å². The maximum Gasteiger partial charge on any atom is 0.255 e. The predicted molar refractivity (Wildman–Crippen MR) is 96.1 cm³/mol. The van der Waals surface area contributed by atoms with Gasteiger partial charge in [0, 0.05) is 18.9 Å². The molecule has 2 aromatic rings. The zero-order valence-electron chi connectivity index (χ0n) is 14.4. The fourth-order valence-corrected chi connectivity index (χ4v) is 2.77. The van der Waals surface area contributed by atoms with E-state index in [2.05, 4.69) is 5.32 Å². The summed E-state index contributed by atoms with van der Waals surface area (Å²) in [5.74, 6) is 0.207. The van der Waals surface area contributed by atoms with Crippen molar-refractivity contribution in [3.63, 3.8) is 0 Å². The van der Waals surface area contributed by atoms with Crippen molar-refractivity contribution in [3.8, 4) is 5.75 Å². The Labute approximate surface area is 147 Å². The van der Waals surface area contributed by atoms with Crippen LogP contribution in [0.5, 0.6) is 5.75 Å². The second kappa shape index (κ2) is 8.13. The standard InChI is InChI=1S/C18H21NO5S/c1-13-4-9-16(17(12-13)24-11-10-23-2)19-18(20)14-5-7-15(8-6-14)25(3,21)22/h4-9,12H,10-11H2,1-3H3,(H,19,20). The van der Waals surface area contributed by atoms with Gasteiger partial charge >= 0.3 is 0 Å². The number of anilines is 1. The van der Waals surface area contributed by atoms with Gasteiger partial charge in [-0.15, -0.1) is 0 Å². The maximum atomic E-state index is 12.4. The number of ether oxygens (including phenoxy) is 2. The Hall–Kier alpha value is -2.38. The van der Waals surface area contributed by atoms with Gasteiger partial charge in [-0.1, -0.05) is 6.07 Å². The molecule has 2 rings (SSSR count). The average molecular weight is 363 g/mol. The Balaban J connectivity index is 2.17. The third-order valence-electron chi connectivity index (χ3n) is 3.47. The molecular formula is C18H21NO5S. The topological polar surface area (TPSA) is 81.7 Å². The summed E-state index contributed by atoms with van der Waals surface area (Å²) >= 11 is 0. The number of hydrogen-bond acceptors (Lipinski definition) is 5. The summed E-state index contributed by atoms with van der Waals surface area (Å²) < 4.78 is 33.6. The van der Waals surface area contributed by atoms with Crippen LogP contribution in [-0.2, 0) is 14.6 Å². The lowest BCUT2D eigenvalue weighted by molar-refractivity contribution is 0.102. The maximum absolute atomic E-state index is 12.4. The Morgan fingerprint density at radius 1 is 1.08 bits per heavy atom. The molecule has 0 saturated heterocycles. The number of amides is 1. The monoisotopic (exact) mass is 363 g/mol. The van der Waals surface area contributed by atoms with Crippen molar-refractivity contribution >= 4 is 21.4 Å². The van der Waals surface area contributed by atoms with Crippen molar-refractivity contribution in [1.29, 1.82) is 0 Å². The molecule has 6 nitrogen and oxygen atoms in total. The Kier molecular flexibility index (Phi) is 6.17. The number of carbonyl (C=O) groups excluding carboxylic acids is 1. The second-order valence-corrected chi connectivity index (χ2v) is 7.61. The average Bonchev–Trinajstić information content (AvgIpc) is 2.56. The van der Waals surface area contributed by atoms with Crippen molar-refractivity contribution in [2.45, 2.75) is 11.8 Å². The largest absolute Gasteiger partial charge is 0.489 e. The van der Waals surface area contributed by atoms with E-state index in [0.29, 0.717) is 30.2 Å². The van der Waals surface area contributed by atoms with Gasteiger partial charge < -0.3 is 14.8 Å². The zero-order valence-corrected chi connectivity index (χ0v) is 15.2. The van der Waals surface area contributed by atoms with Gasteiger partial charge in [0.05, 0.1) is 17.2 Å². The van der Waals surface area contributed by atoms with Gasteiger partial charge in [0.2, 0.25) is 0 Å². The zero-order chi connectivity index (χ0) is 18.4. The van der Waals surface area contributed by atoms with E-state index in [0.717, 1.165) is 11.8 Å². The normalized spacial score (nSPS) is 11.2. The second-order valence-electron chi connectivity index (χ2n) is 5.59. The molecule has 0 radical (unpaired) electrons. The number of nitrogens with one attached hydrogen (secondary N) is 1. The minimum absolute atomic E-state index is 0.169. The molecule has 134 valence electrons. The molecule has 0 saturated carbocycles. The van der Waals surface area contributed by atoms with E-state index in [1.54, 1.807) is 13.2 Å². The molecule has 25 heavy (non-hydrogen) atoms. The first-order valence-corrected chi connectivity index (χ1v) is 9.54. The van der Waals surface area contributed by atoms with Crippen LogP contribution in [0.25, 0.3) is 0 Å². The highest BCUT2D eigenvalue weighted by molar-refractivity contribution is 7.90. The van der Waals surface area contributed by atoms with Gasteiger partial charge in [0.25, 0.3) is 5.91 Å². The van der Waals surface area contributed by atoms with Gasteiger partial charge in [-0.25, -0.2) is 8.42 Å². The summed E-state index contributed by atoms with van der Waals surface area (Å²) in [4.78, 5) is 12.6. The van der Waals surface area contributed by atoms with Crippen molar-refractivity contribution in [1.82, 2.24) is 0 Å². The minimum atomic E-state index is -3.29. The van der Waals surface area contributed by atoms with Crippen LogP contribution in [0, 0.1) is 6.92 Å². The molecule has 7 heteroatoms. The third-order valence-corrected chi connectivity index (χ3v) is 4.60. The molecule has 0 spiro atoms. The van der Waals surface area contributed by atoms with Crippen LogP contribution in [-0.4, -0.2) is 40.9 Å². The van der Waals surface area contributed by atoms with Gasteiger partial charge in [0.1, 0.15) is 12.4 Å². The Morgan fingerprint density at radius 3 is 2.36 bits per heavy atom. The van der Waals surface area contributed by atoms with Crippen LogP contribution in [0.1, 0.15) is 15.9 Å². The molecule has 1 amide bonds. The molecule has 0 aliphatic carbocycles. The Bertz CT molecular complexity index is 844. The highest BCUT2D eigenvalue weighted by atomic mass is 32.2. The van der Waals surface area contributed by atoms with E-state index in [4.69, 9.17) is 9.47 Å². The van der Waals surface area contributed by atoms with E-state index in [9.17, 15) is 13.2 Å². The van der Waals surface area contributed by atoms with Crippen LogP contribution in [0.2, 0.25) is 0 Å². The lowest BCUT2D eigenvalue weighted by Gasteiger charge is -2.13. The molecular weight excluding hydrogens is 342 g/mol. The van der Waals surface area contributed by atoms with Gasteiger partial charge in [-0.3, -0.25) is 4.79 Å². The molecule has 2 aromatic carbocycles. The molecule has 0 aromatic heterocycles. The fraction of sp³-hybridized carbons (Fsp3) is 0.278. The highest BCUT2D eigenvalue weighted by Crippen LogP contribution is 2.26. The number of sulfone groups is 1. The number of benzene rings is 2. The molecule has 0 aliphatic heterocycles. The number of carbonyl (C=O) groups is 1. The number of rotatable bonds is 7. The van der Waals surface area contributed by atoms with E-state index >= 15 is 0 Å². The number of aryl methyl sites for hydroxylation is 1. The van der Waals surface area contributed by atoms with Crippen LogP contribution >= 0.6 is 0 Å². The fourth-order valence-electron chi connectivity index (χ4n) is 2.14. The van der Waals surface area contributed by atoms with Crippen LogP contribution in [0.15, 0.2) is 47.4 Å². The van der Waals surface area contributed by atoms with Crippen molar-refractivity contribution in [2.24, 2.45) is 0 Å². The molecule has 0 bridgehead atoms. The van der Waals surface area contributed by atoms with Crippen LogP contribution in [0.4, 0.5) is 5.69 Å². The summed E-state index contributed by atoms with van der Waals surface area (Å²) in [6, 6.07) is 11.2. The highest BCUT2D eigenvalue weighted by Gasteiger charge is 2.12. The molecule has 0 aliphatic rings. The van der Waals surface area contributed by atoms with Gasteiger partial charge in [-0.2, -0.15) is 0 Å². The number of methoxy groups -OCH3 is 1. The third kappa shape index (κ3) is 5.30. The smallest absolute Gasteiger partial charge is 0.255 e. The first-order valence-electron chi connectivity index (χ1n) is 7.65. The summed E-state index contributed by atoms with van der Waals surface area (Å²) in [5, 5.41) is 2.78. The minimum Gasteiger partial charge on any atom is -0.489 e. The summed E-state index contributed by atoms with van der Waals surface area (Å²) in [5.41, 5.74) is 1.90. The quantitative estimate of drug-likeness (QED) is 0.765. The lowest BCUT2D eigenvalue weighted by atomic mass is 10.2. The van der Waals surface area contributed by atoms with Crippen molar-refractivity contribution < 1.29 is 22.7 Å². The van der Waals surface area contributed by atoms with E-state index < -0.39 is 9.84 Å². The van der Waals surface area contributed by atoms with Crippen LogP contribution < -0.4 is 10.1 Å². The summed E-state index contributed by atoms with van der Waals surface area (Å²) in [6.07, 6.45) is 1.12. The summed E-state index contributed by atoms with van der Waals surface area (Å²) in [6.45, 7) is 2.73. The van der Waals surface area contributed by atoms with Crippen molar-refractivity contribution in [3.05, 3.63) is 53.6 Å². The van der Waals surface area contributed by atoms with E-state index in [1.165, 1.54) is 24.3 Å². The number of hydrogen-bond donors (Lipinski definition) is 1. The predicted octanol–water partition coefficient (Wildman–Crippen LogP) is 2.68. The summed E-state index contributed by atoms with van der Waals surface area (Å²) in [7, 11) is -1.71. The Morgan fingerprint density at radius 2 is 1.76 bits per heavy atom. The SMILES string of the molecule is COCCOc1cc(C)ccc1NC(=O)c1ccc(S(C)(=O)=O)cc1. The van der Waals surface area contributed by atoms with E-state index in [-0.39, 0.29) is 10.8 Å². The van der Waals surface area contributed by atoms with Gasteiger partial charge in [-0.05, 0) is 48.9 Å². The van der Waals surface area contributed by atoms with Crippen LogP contribution in [0.3, 0.4) is 0 Å². The molecule has 0 heterocycles. The lowest BCUT2D eigenvalue weighted by Crippen LogP contribution is -2.14. The molecule has 0 fully saturated rings. The van der Waals surface area contributed by atoms with Gasteiger partial charge in [0.15, 0.2) is 9.84 Å². The molecule has 0 unspecified atom stereocenters. The first-order chi connectivity index (χ1) is 11.8. The van der Waals surface area contributed by atoms with Crippen molar-refractivity contribution in [2.75, 3.05) is 31.9 Å². The molecule has 0 atom stereocenters. The molecule has 1 N–H and O–H groups in total. The first kappa shape index (κ1) is 19.0.